The van der Waals surface area contributed by atoms with Gasteiger partial charge in [-0.05, 0) is 41.7 Å². The van der Waals surface area contributed by atoms with Crippen LogP contribution < -0.4 is 4.90 Å². The Morgan fingerprint density at radius 3 is 2.81 bits per heavy atom. The molecule has 2 aromatic heterocycles. The average Bonchev–Trinajstić information content (AvgIpc) is 3.39. The minimum Gasteiger partial charge on any atom is -0.396 e. The predicted molar refractivity (Wildman–Crippen MR) is 109 cm³/mol. The summed E-state index contributed by atoms with van der Waals surface area (Å²) in [4.78, 5) is 13.5. The molecule has 0 amide bonds. The lowest BCUT2D eigenvalue weighted by Crippen LogP contribution is -2.52. The fraction of sp³-hybridized carbons (Fsp3) is 0.632. The highest BCUT2D eigenvalue weighted by molar-refractivity contribution is 7.15. The average molecular weight is 393 g/mol. The summed E-state index contributed by atoms with van der Waals surface area (Å²) in [7, 11) is 0. The van der Waals surface area contributed by atoms with E-state index in [-0.39, 0.29) is 6.61 Å². The van der Waals surface area contributed by atoms with E-state index in [0.29, 0.717) is 6.04 Å². The number of aliphatic hydroxyl groups is 1. The van der Waals surface area contributed by atoms with Crippen LogP contribution in [0.3, 0.4) is 0 Å². The van der Waals surface area contributed by atoms with Crippen LogP contribution in [0.4, 0.5) is 5.13 Å². The molecule has 142 valence electrons. The van der Waals surface area contributed by atoms with Crippen LogP contribution in [0.2, 0.25) is 0 Å². The van der Waals surface area contributed by atoms with Crippen molar-refractivity contribution >= 4 is 27.8 Å². The Kier molecular flexibility index (Phi) is 6.22. The molecule has 1 N–H and O–H groups in total. The van der Waals surface area contributed by atoms with Gasteiger partial charge in [0.25, 0.3) is 0 Å². The molecule has 0 aliphatic carbocycles. The van der Waals surface area contributed by atoms with Crippen LogP contribution in [-0.2, 0) is 13.1 Å². The number of aliphatic hydroxyl groups excluding tert-OH is 1. The number of rotatable bonds is 7. The second-order valence-electron chi connectivity index (χ2n) is 7.31. The Morgan fingerprint density at radius 1 is 1.15 bits per heavy atom. The molecule has 0 bridgehead atoms. The summed E-state index contributed by atoms with van der Waals surface area (Å²) in [5.74, 6) is 0. The van der Waals surface area contributed by atoms with E-state index in [1.54, 1.807) is 11.3 Å². The molecule has 5 nitrogen and oxygen atoms in total. The van der Waals surface area contributed by atoms with Crippen LogP contribution in [0.25, 0.3) is 0 Å². The molecule has 2 aliphatic heterocycles. The first-order valence-electron chi connectivity index (χ1n) is 9.60. The van der Waals surface area contributed by atoms with Crippen LogP contribution in [0, 0.1) is 0 Å². The lowest BCUT2D eigenvalue weighted by molar-refractivity contribution is 0.0505. The number of piperazine rings is 1. The van der Waals surface area contributed by atoms with Gasteiger partial charge in [0.05, 0.1) is 0 Å². The summed E-state index contributed by atoms with van der Waals surface area (Å²) in [5, 5.41) is 15.1. The van der Waals surface area contributed by atoms with Crippen molar-refractivity contribution in [1.82, 2.24) is 14.8 Å². The van der Waals surface area contributed by atoms with Crippen LogP contribution in [-0.4, -0.2) is 65.3 Å². The normalized spacial score (nSPS) is 22.3. The first-order chi connectivity index (χ1) is 12.8. The van der Waals surface area contributed by atoms with Gasteiger partial charge in [-0.2, -0.15) is 11.3 Å². The van der Waals surface area contributed by atoms with E-state index in [1.165, 1.54) is 28.4 Å². The maximum atomic E-state index is 9.51. The number of thiazole rings is 1. The monoisotopic (exact) mass is 392 g/mol. The number of thiophene rings is 1. The third-order valence-electron chi connectivity index (χ3n) is 5.41. The van der Waals surface area contributed by atoms with Crippen LogP contribution in [0.15, 0.2) is 23.0 Å². The Labute approximate surface area is 163 Å². The summed E-state index contributed by atoms with van der Waals surface area (Å²) >= 11 is 3.62. The van der Waals surface area contributed by atoms with E-state index >= 15 is 0 Å². The molecule has 0 spiro atoms. The number of nitrogens with zero attached hydrogens (tertiary/aromatic N) is 4. The molecule has 2 aliphatic rings. The maximum absolute atomic E-state index is 9.51. The summed E-state index contributed by atoms with van der Waals surface area (Å²) in [6.07, 6.45) is 5.51. The van der Waals surface area contributed by atoms with Crippen LogP contribution in [0.5, 0.6) is 0 Å². The van der Waals surface area contributed by atoms with Gasteiger partial charge in [-0.1, -0.05) is 0 Å². The standard InChI is InChI=1S/C19H28N4OS2/c24-9-3-17-13-21(7-8-23(17)12-16-4-10-25-15-16)14-18-11-20-19(26-18)22-5-1-2-6-22/h4,10-11,15,17,24H,1-3,5-9,12-14H2/t17-/m0/s1. The minimum absolute atomic E-state index is 0.262. The molecule has 0 unspecified atom stereocenters. The molecular weight excluding hydrogens is 364 g/mol. The molecule has 7 heteroatoms. The van der Waals surface area contributed by atoms with Gasteiger partial charge in [-0.25, -0.2) is 4.98 Å². The smallest absolute Gasteiger partial charge is 0.185 e. The first kappa shape index (κ1) is 18.4. The summed E-state index contributed by atoms with van der Waals surface area (Å²) in [5.41, 5.74) is 1.39. The SMILES string of the molecule is OCC[C@H]1CN(Cc2cnc(N3CCCC3)s2)CCN1Cc1ccsc1. The van der Waals surface area contributed by atoms with Gasteiger partial charge in [-0.3, -0.25) is 9.80 Å². The third-order valence-corrected chi connectivity index (χ3v) is 7.19. The zero-order valence-corrected chi connectivity index (χ0v) is 16.9. The molecule has 2 aromatic rings. The van der Waals surface area contributed by atoms with Crippen molar-refractivity contribution in [2.24, 2.45) is 0 Å². The third kappa shape index (κ3) is 4.46. The largest absolute Gasteiger partial charge is 0.396 e. The zero-order chi connectivity index (χ0) is 17.8. The second-order valence-corrected chi connectivity index (χ2v) is 9.18. The van der Waals surface area contributed by atoms with E-state index in [4.69, 9.17) is 0 Å². The lowest BCUT2D eigenvalue weighted by atomic mass is 10.1. The molecular formula is C19H28N4OS2. The van der Waals surface area contributed by atoms with Gasteiger partial charge in [0.15, 0.2) is 5.13 Å². The summed E-state index contributed by atoms with van der Waals surface area (Å²) in [6, 6.07) is 2.64. The lowest BCUT2D eigenvalue weighted by Gasteiger charge is -2.41. The van der Waals surface area contributed by atoms with Crippen LogP contribution in [0.1, 0.15) is 29.7 Å². The highest BCUT2D eigenvalue weighted by atomic mass is 32.1. The molecule has 0 radical (unpaired) electrons. The topological polar surface area (TPSA) is 42.8 Å². The number of anilines is 1. The van der Waals surface area contributed by atoms with Gasteiger partial charge in [0, 0.05) is 69.5 Å². The van der Waals surface area contributed by atoms with E-state index in [2.05, 4.69) is 42.7 Å². The maximum Gasteiger partial charge on any atom is 0.185 e. The number of hydrogen-bond donors (Lipinski definition) is 1. The van der Waals surface area contributed by atoms with E-state index in [1.807, 2.05) is 11.3 Å². The van der Waals surface area contributed by atoms with Crippen molar-refractivity contribution in [1.29, 1.82) is 0 Å². The van der Waals surface area contributed by atoms with Crippen molar-refractivity contribution in [3.63, 3.8) is 0 Å². The van der Waals surface area contributed by atoms with Gasteiger partial charge < -0.3 is 10.0 Å². The van der Waals surface area contributed by atoms with E-state index in [9.17, 15) is 5.11 Å². The summed E-state index contributed by atoms with van der Waals surface area (Å²) < 4.78 is 0. The summed E-state index contributed by atoms with van der Waals surface area (Å²) in [6.45, 7) is 7.75. The van der Waals surface area contributed by atoms with Crippen molar-refractivity contribution < 1.29 is 5.11 Å². The van der Waals surface area contributed by atoms with Gasteiger partial charge in [0.2, 0.25) is 0 Å². The zero-order valence-electron chi connectivity index (χ0n) is 15.2. The molecule has 1 atom stereocenters. The fourth-order valence-corrected chi connectivity index (χ4v) is 5.66. The highest BCUT2D eigenvalue weighted by Crippen LogP contribution is 2.27. The second kappa shape index (κ2) is 8.80. The van der Waals surface area contributed by atoms with Crippen molar-refractivity contribution in [3.8, 4) is 0 Å². The Hall–Kier alpha value is -0.990. The molecule has 26 heavy (non-hydrogen) atoms. The Balaban J connectivity index is 1.34. The molecule has 0 saturated carbocycles. The molecule has 4 rings (SSSR count). The van der Waals surface area contributed by atoms with E-state index in [0.717, 1.165) is 52.2 Å². The fourth-order valence-electron chi connectivity index (χ4n) is 3.99. The molecule has 4 heterocycles. The Bertz CT molecular complexity index is 669. The van der Waals surface area contributed by atoms with E-state index < -0.39 is 0 Å². The predicted octanol–water partition coefficient (Wildman–Crippen LogP) is 2.87. The van der Waals surface area contributed by atoms with Gasteiger partial charge in [0.1, 0.15) is 0 Å². The van der Waals surface area contributed by atoms with Crippen molar-refractivity contribution in [2.75, 3.05) is 44.2 Å². The number of hydrogen-bond acceptors (Lipinski definition) is 7. The van der Waals surface area contributed by atoms with Gasteiger partial charge >= 0.3 is 0 Å². The molecule has 2 fully saturated rings. The number of aromatic nitrogens is 1. The first-order valence-corrected chi connectivity index (χ1v) is 11.4. The van der Waals surface area contributed by atoms with Gasteiger partial charge in [-0.15, -0.1) is 11.3 Å². The quantitative estimate of drug-likeness (QED) is 0.785. The molecule has 0 aromatic carbocycles. The Morgan fingerprint density at radius 2 is 2.04 bits per heavy atom. The van der Waals surface area contributed by atoms with Crippen molar-refractivity contribution in [3.05, 3.63) is 33.5 Å². The minimum atomic E-state index is 0.262. The van der Waals surface area contributed by atoms with Crippen LogP contribution >= 0.6 is 22.7 Å². The molecule has 2 saturated heterocycles. The van der Waals surface area contributed by atoms with Crippen molar-refractivity contribution in [2.45, 2.75) is 38.4 Å². The highest BCUT2D eigenvalue weighted by Gasteiger charge is 2.27.